The number of fused-ring (bicyclic) bond motifs is 2. The van der Waals surface area contributed by atoms with Crippen molar-refractivity contribution in [3.63, 3.8) is 0 Å². The van der Waals surface area contributed by atoms with Crippen LogP contribution in [0.4, 0.5) is 0 Å². The van der Waals surface area contributed by atoms with Crippen molar-refractivity contribution in [1.82, 2.24) is 4.57 Å². The van der Waals surface area contributed by atoms with Gasteiger partial charge in [-0.05, 0) is 56.1 Å². The van der Waals surface area contributed by atoms with E-state index in [0.29, 0.717) is 6.10 Å². The highest BCUT2D eigenvalue weighted by molar-refractivity contribution is 5.07. The Morgan fingerprint density at radius 2 is 2.28 bits per heavy atom. The van der Waals surface area contributed by atoms with Gasteiger partial charge in [0.05, 0.1) is 12.7 Å². The lowest BCUT2D eigenvalue weighted by Gasteiger charge is -2.23. The van der Waals surface area contributed by atoms with Crippen LogP contribution in [0.5, 0.6) is 0 Å². The summed E-state index contributed by atoms with van der Waals surface area (Å²) in [5.74, 6) is 2.88. The Morgan fingerprint density at radius 3 is 2.89 bits per heavy atom. The van der Waals surface area contributed by atoms with Crippen LogP contribution in [0, 0.1) is 17.8 Å². The maximum absolute atomic E-state index is 6.09. The molecule has 4 unspecified atom stereocenters. The minimum Gasteiger partial charge on any atom is -0.378 e. The van der Waals surface area contributed by atoms with Crippen LogP contribution in [-0.2, 0) is 18.2 Å². The molecule has 0 spiro atoms. The van der Waals surface area contributed by atoms with Crippen molar-refractivity contribution in [2.24, 2.45) is 24.8 Å². The molecule has 1 aromatic heterocycles. The molecular formula is C16H25NO. The summed E-state index contributed by atoms with van der Waals surface area (Å²) in [7, 11) is 2.11. The Bertz CT molecular complexity index is 398. The first kappa shape index (κ1) is 12.3. The highest BCUT2D eigenvalue weighted by Gasteiger charge is 2.39. The van der Waals surface area contributed by atoms with E-state index in [4.69, 9.17) is 4.74 Å². The average molecular weight is 247 g/mol. The average Bonchev–Trinajstić information content (AvgIpc) is 3.04. The minimum atomic E-state index is 0.345. The smallest absolute Gasteiger partial charge is 0.0601 e. The second-order valence-corrected chi connectivity index (χ2v) is 6.39. The maximum atomic E-state index is 6.09. The predicted molar refractivity (Wildman–Crippen MR) is 73.5 cm³/mol. The van der Waals surface area contributed by atoms with E-state index in [-0.39, 0.29) is 0 Å². The van der Waals surface area contributed by atoms with E-state index in [0.717, 1.165) is 30.8 Å². The molecule has 2 bridgehead atoms. The monoisotopic (exact) mass is 247 g/mol. The van der Waals surface area contributed by atoms with Crippen LogP contribution in [0.1, 0.15) is 38.3 Å². The zero-order valence-corrected chi connectivity index (χ0v) is 11.6. The number of aryl methyl sites for hydroxylation is 1. The van der Waals surface area contributed by atoms with Crippen molar-refractivity contribution in [1.29, 1.82) is 0 Å². The summed E-state index contributed by atoms with van der Waals surface area (Å²) in [4.78, 5) is 0. The van der Waals surface area contributed by atoms with E-state index in [1.165, 1.54) is 31.4 Å². The van der Waals surface area contributed by atoms with Gasteiger partial charge < -0.3 is 9.30 Å². The van der Waals surface area contributed by atoms with Gasteiger partial charge in [-0.25, -0.2) is 0 Å². The molecule has 0 saturated heterocycles. The lowest BCUT2D eigenvalue weighted by molar-refractivity contribution is 0.0260. The number of hydrogen-bond donors (Lipinski definition) is 0. The first-order valence-electron chi connectivity index (χ1n) is 7.44. The molecule has 0 N–H and O–H groups in total. The van der Waals surface area contributed by atoms with Crippen LogP contribution in [0.25, 0.3) is 0 Å². The van der Waals surface area contributed by atoms with Gasteiger partial charge in [0, 0.05) is 25.4 Å². The van der Waals surface area contributed by atoms with Gasteiger partial charge in [0.25, 0.3) is 0 Å². The summed E-state index contributed by atoms with van der Waals surface area (Å²) in [6.07, 6.45) is 9.35. The molecule has 0 aromatic carbocycles. The lowest BCUT2D eigenvalue weighted by atomic mass is 9.89. The van der Waals surface area contributed by atoms with Gasteiger partial charge in [-0.1, -0.05) is 6.42 Å². The van der Waals surface area contributed by atoms with Crippen molar-refractivity contribution in [2.75, 3.05) is 6.61 Å². The van der Waals surface area contributed by atoms with E-state index in [2.05, 4.69) is 36.9 Å². The molecule has 2 fully saturated rings. The molecule has 0 aliphatic heterocycles. The number of aromatic nitrogens is 1. The van der Waals surface area contributed by atoms with Gasteiger partial charge in [0.15, 0.2) is 0 Å². The summed E-state index contributed by atoms with van der Waals surface area (Å²) in [5, 5.41) is 0. The highest BCUT2D eigenvalue weighted by atomic mass is 16.5. The first-order chi connectivity index (χ1) is 8.72. The molecule has 0 amide bonds. The largest absolute Gasteiger partial charge is 0.378 e. The molecule has 2 heteroatoms. The van der Waals surface area contributed by atoms with Crippen molar-refractivity contribution in [3.8, 4) is 0 Å². The van der Waals surface area contributed by atoms with Gasteiger partial charge in [-0.2, -0.15) is 0 Å². The van der Waals surface area contributed by atoms with Crippen molar-refractivity contribution >= 4 is 0 Å². The van der Waals surface area contributed by atoms with Crippen LogP contribution in [0.2, 0.25) is 0 Å². The summed E-state index contributed by atoms with van der Waals surface area (Å²) in [6.45, 7) is 3.20. The van der Waals surface area contributed by atoms with Crippen molar-refractivity contribution < 1.29 is 4.74 Å². The molecule has 0 radical (unpaired) electrons. The molecule has 2 nitrogen and oxygen atoms in total. The maximum Gasteiger partial charge on any atom is 0.0601 e. The summed E-state index contributed by atoms with van der Waals surface area (Å²) < 4.78 is 8.29. The quantitative estimate of drug-likeness (QED) is 0.777. The standard InChI is InChI=1S/C16H25NO/c1-12(8-16-4-3-7-17(16)2)18-11-15-10-13-5-6-14(15)9-13/h3-4,7,12-15H,5-6,8-11H2,1-2H3. The molecule has 18 heavy (non-hydrogen) atoms. The first-order valence-corrected chi connectivity index (χ1v) is 7.44. The van der Waals surface area contributed by atoms with Gasteiger partial charge >= 0.3 is 0 Å². The van der Waals surface area contributed by atoms with Gasteiger partial charge in [-0.15, -0.1) is 0 Å². The minimum absolute atomic E-state index is 0.345. The Morgan fingerprint density at radius 1 is 1.39 bits per heavy atom. The Kier molecular flexibility index (Phi) is 3.47. The number of nitrogens with zero attached hydrogens (tertiary/aromatic N) is 1. The molecule has 2 aliphatic rings. The fraction of sp³-hybridized carbons (Fsp3) is 0.750. The molecule has 2 saturated carbocycles. The Hall–Kier alpha value is -0.760. The van der Waals surface area contributed by atoms with Crippen LogP contribution in [-0.4, -0.2) is 17.3 Å². The van der Waals surface area contributed by atoms with Crippen molar-refractivity contribution in [2.45, 2.75) is 45.1 Å². The van der Waals surface area contributed by atoms with Crippen LogP contribution in [0.15, 0.2) is 18.3 Å². The molecule has 100 valence electrons. The van der Waals surface area contributed by atoms with Crippen LogP contribution < -0.4 is 0 Å². The van der Waals surface area contributed by atoms with E-state index < -0.39 is 0 Å². The van der Waals surface area contributed by atoms with Crippen LogP contribution >= 0.6 is 0 Å². The van der Waals surface area contributed by atoms with E-state index in [1.54, 1.807) is 0 Å². The third-order valence-corrected chi connectivity index (χ3v) is 5.03. The highest BCUT2D eigenvalue weighted by Crippen LogP contribution is 2.48. The molecule has 1 heterocycles. The van der Waals surface area contributed by atoms with Gasteiger partial charge in [0.1, 0.15) is 0 Å². The topological polar surface area (TPSA) is 14.2 Å². The van der Waals surface area contributed by atoms with Gasteiger partial charge in [0.2, 0.25) is 0 Å². The van der Waals surface area contributed by atoms with E-state index in [1.807, 2.05) is 0 Å². The van der Waals surface area contributed by atoms with Gasteiger partial charge in [-0.3, -0.25) is 0 Å². The lowest BCUT2D eigenvalue weighted by Crippen LogP contribution is -2.22. The number of hydrogen-bond acceptors (Lipinski definition) is 1. The van der Waals surface area contributed by atoms with E-state index in [9.17, 15) is 0 Å². The normalized spacial score (nSPS) is 32.0. The third kappa shape index (κ3) is 2.49. The summed E-state index contributed by atoms with van der Waals surface area (Å²) in [5.41, 5.74) is 1.37. The fourth-order valence-electron chi connectivity index (χ4n) is 3.93. The Balaban J connectivity index is 1.44. The summed E-state index contributed by atoms with van der Waals surface area (Å²) >= 11 is 0. The summed E-state index contributed by atoms with van der Waals surface area (Å²) in [6, 6.07) is 4.30. The molecule has 3 rings (SSSR count). The fourth-order valence-corrected chi connectivity index (χ4v) is 3.93. The predicted octanol–water partition coefficient (Wildman–Crippen LogP) is 3.41. The number of ether oxygens (including phenoxy) is 1. The zero-order valence-electron chi connectivity index (χ0n) is 11.6. The molecule has 1 aromatic rings. The SMILES string of the molecule is CC(Cc1cccn1C)OCC1CC2CCC1C2. The third-order valence-electron chi connectivity index (χ3n) is 5.03. The zero-order chi connectivity index (χ0) is 12.5. The van der Waals surface area contributed by atoms with E-state index >= 15 is 0 Å². The Labute approximate surface area is 110 Å². The second-order valence-electron chi connectivity index (χ2n) is 6.39. The van der Waals surface area contributed by atoms with Crippen LogP contribution in [0.3, 0.4) is 0 Å². The molecular weight excluding hydrogens is 222 g/mol. The molecule has 2 aliphatic carbocycles. The molecule has 4 atom stereocenters. The van der Waals surface area contributed by atoms with Crippen molar-refractivity contribution in [3.05, 3.63) is 24.0 Å². The second kappa shape index (κ2) is 5.08. The number of rotatable bonds is 5.